The first-order chi connectivity index (χ1) is 25.9. The van der Waals surface area contributed by atoms with Gasteiger partial charge in [-0.2, -0.15) is 0 Å². The molecular weight excluding hydrogens is 716 g/mol. The monoisotopic (exact) mass is 762 g/mol. The Morgan fingerprint density at radius 1 is 0.704 bits per heavy atom. The average Bonchev–Trinajstić information content (AvgIpc) is 3.18. The van der Waals surface area contributed by atoms with Gasteiger partial charge in [-0.25, -0.2) is 4.79 Å². The van der Waals surface area contributed by atoms with Crippen molar-refractivity contribution in [2.24, 2.45) is 11.8 Å². The van der Waals surface area contributed by atoms with E-state index in [0.717, 1.165) is 0 Å². The number of carbonyl (C=O) groups excluding carboxylic acids is 1. The minimum Gasteiger partial charge on any atom is -0.502 e. The topological polar surface area (TPSA) is 242 Å². The van der Waals surface area contributed by atoms with Gasteiger partial charge in [0, 0.05) is 18.1 Å². The molecule has 1 aliphatic heterocycles. The third-order valence-electron chi connectivity index (χ3n) is 9.91. The number of carbonyl (C=O) groups is 1. The van der Waals surface area contributed by atoms with Gasteiger partial charge in [0.25, 0.3) is 0 Å². The molecule has 5 rings (SSSR count). The number of ether oxygens (including phenoxy) is 9. The summed E-state index contributed by atoms with van der Waals surface area (Å²) in [5, 5.41) is 75.3. The zero-order chi connectivity index (χ0) is 39.4. The van der Waals surface area contributed by atoms with E-state index >= 15 is 0 Å². The SMILES string of the molecule is COc1cc(C(=O)OCC2OC(OCC3C(CO)Cc4cc(OC)c(O)c(OC)c4C3c3cc(OC)c(O)c(OC)c3)C(O)C(O)C2O)cc(OC)c1O. The van der Waals surface area contributed by atoms with Crippen LogP contribution in [-0.2, 0) is 20.6 Å². The summed E-state index contributed by atoms with van der Waals surface area (Å²) >= 11 is 0. The quantitative estimate of drug-likeness (QED) is 0.115. The summed E-state index contributed by atoms with van der Waals surface area (Å²) in [5.41, 5.74) is 1.67. The van der Waals surface area contributed by atoms with Gasteiger partial charge in [-0.05, 0) is 59.7 Å². The number of methoxy groups -OCH3 is 6. The first-order valence-corrected chi connectivity index (χ1v) is 16.8. The van der Waals surface area contributed by atoms with Crippen LogP contribution in [0.5, 0.6) is 51.7 Å². The number of esters is 1. The molecule has 0 saturated carbocycles. The Balaban J connectivity index is 1.46. The molecule has 17 nitrogen and oxygen atoms in total. The van der Waals surface area contributed by atoms with Crippen molar-refractivity contribution in [2.45, 2.75) is 43.0 Å². The number of phenolic OH excluding ortho intramolecular Hbond substituents is 3. The van der Waals surface area contributed by atoms with Crippen LogP contribution in [0.15, 0.2) is 30.3 Å². The highest BCUT2D eigenvalue weighted by Gasteiger charge is 2.47. The normalized spacial score (nSPS) is 24.9. The second-order valence-electron chi connectivity index (χ2n) is 12.8. The van der Waals surface area contributed by atoms with Crippen molar-refractivity contribution in [1.82, 2.24) is 0 Å². The molecule has 0 bridgehead atoms. The Hall–Kier alpha value is -4.91. The molecule has 296 valence electrons. The van der Waals surface area contributed by atoms with E-state index in [1.807, 2.05) is 0 Å². The largest absolute Gasteiger partial charge is 0.502 e. The number of benzene rings is 3. The van der Waals surface area contributed by atoms with Crippen molar-refractivity contribution in [2.75, 3.05) is 62.5 Å². The second-order valence-corrected chi connectivity index (χ2v) is 12.8. The van der Waals surface area contributed by atoms with Crippen LogP contribution in [0.3, 0.4) is 0 Å². The molecule has 3 aromatic rings. The van der Waals surface area contributed by atoms with Crippen LogP contribution in [0.4, 0.5) is 0 Å². The predicted molar refractivity (Wildman–Crippen MR) is 186 cm³/mol. The van der Waals surface area contributed by atoms with E-state index in [4.69, 9.17) is 42.6 Å². The summed E-state index contributed by atoms with van der Waals surface area (Å²) in [6.07, 6.45) is -7.89. The number of aliphatic hydroxyl groups excluding tert-OH is 4. The number of hydrogen-bond acceptors (Lipinski definition) is 17. The lowest BCUT2D eigenvalue weighted by Gasteiger charge is -2.43. The highest BCUT2D eigenvalue weighted by molar-refractivity contribution is 5.91. The van der Waals surface area contributed by atoms with E-state index in [0.29, 0.717) is 16.7 Å². The van der Waals surface area contributed by atoms with Crippen LogP contribution in [0, 0.1) is 11.8 Å². The van der Waals surface area contributed by atoms with Crippen LogP contribution in [0.2, 0.25) is 0 Å². The first kappa shape index (κ1) is 40.3. The van der Waals surface area contributed by atoms with Gasteiger partial charge in [0.2, 0.25) is 17.2 Å². The predicted octanol–water partition coefficient (Wildman–Crippen LogP) is 1.45. The molecule has 17 heteroatoms. The molecule has 54 heavy (non-hydrogen) atoms. The van der Waals surface area contributed by atoms with Crippen molar-refractivity contribution < 1.29 is 83.2 Å². The van der Waals surface area contributed by atoms with Gasteiger partial charge in [-0.15, -0.1) is 0 Å². The summed E-state index contributed by atoms with van der Waals surface area (Å²) in [6, 6.07) is 7.26. The highest BCUT2D eigenvalue weighted by atomic mass is 16.7. The minimum absolute atomic E-state index is 0.0526. The molecular formula is C37H46O17. The van der Waals surface area contributed by atoms with Crippen LogP contribution in [0.25, 0.3) is 0 Å². The zero-order valence-corrected chi connectivity index (χ0v) is 30.5. The van der Waals surface area contributed by atoms with Gasteiger partial charge >= 0.3 is 5.97 Å². The van der Waals surface area contributed by atoms with E-state index < -0.39 is 61.0 Å². The Labute approximate surface area is 310 Å². The van der Waals surface area contributed by atoms with Crippen LogP contribution >= 0.6 is 0 Å². The van der Waals surface area contributed by atoms with Crippen molar-refractivity contribution in [3.8, 4) is 51.7 Å². The lowest BCUT2D eigenvalue weighted by Crippen LogP contribution is -2.59. The summed E-state index contributed by atoms with van der Waals surface area (Å²) in [6.45, 7) is -1.15. The van der Waals surface area contributed by atoms with E-state index in [2.05, 4.69) is 0 Å². The molecule has 0 amide bonds. The van der Waals surface area contributed by atoms with E-state index in [1.165, 1.54) is 54.8 Å². The molecule has 2 aliphatic rings. The van der Waals surface area contributed by atoms with Gasteiger partial charge in [-0.3, -0.25) is 0 Å². The lowest BCUT2D eigenvalue weighted by molar-refractivity contribution is -0.304. The third-order valence-corrected chi connectivity index (χ3v) is 9.91. The first-order valence-electron chi connectivity index (χ1n) is 16.8. The second kappa shape index (κ2) is 17.0. The van der Waals surface area contributed by atoms with Gasteiger partial charge in [0.1, 0.15) is 31.0 Å². The number of aliphatic hydroxyl groups is 4. The molecule has 1 heterocycles. The van der Waals surface area contributed by atoms with E-state index in [1.54, 1.807) is 18.2 Å². The number of hydrogen-bond donors (Lipinski definition) is 7. The fourth-order valence-corrected chi connectivity index (χ4v) is 7.07. The Morgan fingerprint density at radius 2 is 1.24 bits per heavy atom. The molecule has 7 N–H and O–H groups in total. The number of aromatic hydroxyl groups is 3. The fourth-order valence-electron chi connectivity index (χ4n) is 7.07. The summed E-state index contributed by atoms with van der Waals surface area (Å²) in [7, 11) is 8.09. The molecule has 1 saturated heterocycles. The summed E-state index contributed by atoms with van der Waals surface area (Å²) in [4.78, 5) is 13.0. The third kappa shape index (κ3) is 7.55. The van der Waals surface area contributed by atoms with Gasteiger partial charge in [0.05, 0.1) is 54.8 Å². The summed E-state index contributed by atoms with van der Waals surface area (Å²) < 4.78 is 49.5. The number of rotatable bonds is 14. The maximum absolute atomic E-state index is 13.0. The number of fused-ring (bicyclic) bond motifs is 1. The van der Waals surface area contributed by atoms with Crippen molar-refractivity contribution in [1.29, 1.82) is 0 Å². The average molecular weight is 763 g/mol. The molecule has 0 aromatic heterocycles. The summed E-state index contributed by atoms with van der Waals surface area (Å²) in [5.74, 6) is -3.35. The van der Waals surface area contributed by atoms with Crippen molar-refractivity contribution in [3.05, 3.63) is 52.6 Å². The van der Waals surface area contributed by atoms with Gasteiger partial charge in [-0.1, -0.05) is 0 Å². The molecule has 8 atom stereocenters. The molecule has 3 aromatic carbocycles. The van der Waals surface area contributed by atoms with Crippen LogP contribution in [-0.4, -0.2) is 135 Å². The smallest absolute Gasteiger partial charge is 0.338 e. The molecule has 0 spiro atoms. The highest BCUT2D eigenvalue weighted by Crippen LogP contribution is 2.54. The van der Waals surface area contributed by atoms with Crippen molar-refractivity contribution in [3.63, 3.8) is 0 Å². The Bertz CT molecular complexity index is 1750. The van der Waals surface area contributed by atoms with Crippen LogP contribution < -0.4 is 28.4 Å². The molecule has 8 unspecified atom stereocenters. The standard InChI is InChI=1S/C37H46O17/c1-46-21-9-17(10-22(47-2)29(21)39)27-20(19(13-38)7-16-8-25(50-5)32(42)35(51-6)28(16)27)14-53-37-34(44)33(43)31(41)26(54-37)15-52-36(45)18-11-23(48-3)30(40)24(12-18)49-4/h8-12,19-20,26-27,31,33-34,37-44H,7,13-15H2,1-6H3. The van der Waals surface area contributed by atoms with Crippen molar-refractivity contribution >= 4 is 5.97 Å². The maximum atomic E-state index is 13.0. The molecule has 1 aliphatic carbocycles. The number of phenols is 3. The fraction of sp³-hybridized carbons (Fsp3) is 0.486. The van der Waals surface area contributed by atoms with E-state index in [9.17, 15) is 40.5 Å². The Kier molecular flexibility index (Phi) is 12.7. The Morgan fingerprint density at radius 3 is 1.76 bits per heavy atom. The maximum Gasteiger partial charge on any atom is 0.338 e. The zero-order valence-electron chi connectivity index (χ0n) is 30.5. The minimum atomic E-state index is -1.78. The lowest BCUT2D eigenvalue weighted by atomic mass is 9.66. The molecule has 1 fully saturated rings. The van der Waals surface area contributed by atoms with Gasteiger partial charge < -0.3 is 78.4 Å². The van der Waals surface area contributed by atoms with Gasteiger partial charge in [0.15, 0.2) is 40.8 Å². The van der Waals surface area contributed by atoms with Crippen LogP contribution in [0.1, 0.15) is 33.0 Å². The molecule has 0 radical (unpaired) electrons. The van der Waals surface area contributed by atoms with E-state index in [-0.39, 0.29) is 76.9 Å².